The van der Waals surface area contributed by atoms with Gasteiger partial charge in [-0.2, -0.15) is 0 Å². The van der Waals surface area contributed by atoms with Gasteiger partial charge in [-0.3, -0.25) is 0 Å². The molecular weight excluding hydrogens is 262 g/mol. The lowest BCUT2D eigenvalue weighted by atomic mass is 9.79. The summed E-state index contributed by atoms with van der Waals surface area (Å²) in [5, 5.41) is 0. The molecule has 5 nitrogen and oxygen atoms in total. The van der Waals surface area contributed by atoms with Gasteiger partial charge in [-0.25, -0.2) is 9.97 Å². The van der Waals surface area contributed by atoms with E-state index in [-0.39, 0.29) is 0 Å². The van der Waals surface area contributed by atoms with Crippen LogP contribution in [0.4, 0.5) is 11.6 Å². The van der Waals surface area contributed by atoms with Gasteiger partial charge in [0.2, 0.25) is 0 Å². The topological polar surface area (TPSA) is 58.3 Å². The largest absolute Gasteiger partial charge is 0.384 e. The minimum atomic E-state index is 0.479. The van der Waals surface area contributed by atoms with Crippen molar-refractivity contribution in [1.29, 1.82) is 0 Å². The lowest BCUT2D eigenvalue weighted by molar-refractivity contribution is 0.101. The van der Waals surface area contributed by atoms with Gasteiger partial charge in [-0.1, -0.05) is 0 Å². The highest BCUT2D eigenvalue weighted by molar-refractivity contribution is 5.47. The van der Waals surface area contributed by atoms with Crippen molar-refractivity contribution in [2.45, 2.75) is 32.1 Å². The molecule has 21 heavy (non-hydrogen) atoms. The molecule has 1 unspecified atom stereocenters. The first-order chi connectivity index (χ1) is 10.2. The van der Waals surface area contributed by atoms with E-state index >= 15 is 0 Å². The number of hydrogen-bond acceptors (Lipinski definition) is 5. The van der Waals surface area contributed by atoms with E-state index in [2.05, 4.69) is 19.8 Å². The van der Waals surface area contributed by atoms with Gasteiger partial charge in [0.25, 0.3) is 0 Å². The fraction of sp³-hybridized carbons (Fsp3) is 0.750. The number of nitrogens with two attached hydrogens (primary N) is 1. The summed E-state index contributed by atoms with van der Waals surface area (Å²) in [7, 11) is 0. The number of nitrogen functional groups attached to an aromatic ring is 1. The van der Waals surface area contributed by atoms with Gasteiger partial charge < -0.3 is 15.5 Å². The first kappa shape index (κ1) is 13.3. The van der Waals surface area contributed by atoms with E-state index in [9.17, 15) is 0 Å². The maximum Gasteiger partial charge on any atom is 0.134 e. The van der Waals surface area contributed by atoms with Gasteiger partial charge in [0, 0.05) is 37.7 Å². The SMILES string of the molecule is Nc1cc(N2CCC3(CCCN(CC4CC4)C3)C2)ncn1. The van der Waals surface area contributed by atoms with Crippen molar-refractivity contribution in [3.05, 3.63) is 12.4 Å². The first-order valence-electron chi connectivity index (χ1n) is 8.27. The van der Waals surface area contributed by atoms with Crippen molar-refractivity contribution in [3.8, 4) is 0 Å². The number of hydrogen-bond donors (Lipinski definition) is 1. The van der Waals surface area contributed by atoms with Crippen molar-refractivity contribution in [2.75, 3.05) is 43.4 Å². The normalized spacial score (nSPS) is 30.2. The van der Waals surface area contributed by atoms with Gasteiger partial charge >= 0.3 is 0 Å². The van der Waals surface area contributed by atoms with Crippen LogP contribution in [-0.2, 0) is 0 Å². The highest BCUT2D eigenvalue weighted by Crippen LogP contribution is 2.41. The lowest BCUT2D eigenvalue weighted by Crippen LogP contribution is -2.45. The fourth-order valence-electron chi connectivity index (χ4n) is 4.13. The molecule has 1 aromatic heterocycles. The highest BCUT2D eigenvalue weighted by atomic mass is 15.2. The molecule has 0 amide bonds. The molecule has 1 spiro atoms. The van der Waals surface area contributed by atoms with Crippen LogP contribution in [0.15, 0.2) is 12.4 Å². The molecule has 2 aliphatic heterocycles. The number of likely N-dealkylation sites (tertiary alicyclic amines) is 1. The van der Waals surface area contributed by atoms with E-state index in [0.29, 0.717) is 11.2 Å². The number of piperidine rings is 1. The Morgan fingerprint density at radius 2 is 2.10 bits per heavy atom. The second kappa shape index (κ2) is 5.13. The Balaban J connectivity index is 1.44. The summed E-state index contributed by atoms with van der Waals surface area (Å²) in [6, 6.07) is 1.91. The Morgan fingerprint density at radius 1 is 1.19 bits per heavy atom. The number of rotatable bonds is 3. The quantitative estimate of drug-likeness (QED) is 0.918. The molecule has 0 bridgehead atoms. The molecule has 1 saturated carbocycles. The molecule has 5 heteroatoms. The Bertz CT molecular complexity index is 515. The summed E-state index contributed by atoms with van der Waals surface area (Å²) in [6.45, 7) is 6.15. The summed E-state index contributed by atoms with van der Waals surface area (Å²) in [4.78, 5) is 13.5. The molecule has 114 valence electrons. The maximum absolute atomic E-state index is 5.79. The van der Waals surface area contributed by atoms with Crippen molar-refractivity contribution < 1.29 is 0 Å². The standard InChI is InChI=1S/C16H25N5/c17-14-8-15(19-12-18-14)21-7-5-16(11-21)4-1-6-20(10-16)9-13-2-3-13/h8,12-13H,1-7,9-11H2,(H2,17,18,19). The van der Waals surface area contributed by atoms with Crippen LogP contribution >= 0.6 is 0 Å². The summed E-state index contributed by atoms with van der Waals surface area (Å²) in [5.41, 5.74) is 6.27. The van der Waals surface area contributed by atoms with Crippen molar-refractivity contribution in [1.82, 2.24) is 14.9 Å². The van der Waals surface area contributed by atoms with E-state index in [0.717, 1.165) is 24.8 Å². The summed E-state index contributed by atoms with van der Waals surface area (Å²) < 4.78 is 0. The maximum atomic E-state index is 5.79. The average molecular weight is 287 g/mol. The van der Waals surface area contributed by atoms with Gasteiger partial charge in [-0.05, 0) is 44.6 Å². The zero-order valence-electron chi connectivity index (χ0n) is 12.7. The van der Waals surface area contributed by atoms with Crippen LogP contribution in [0.3, 0.4) is 0 Å². The molecule has 3 aliphatic rings. The Hall–Kier alpha value is -1.36. The Kier molecular flexibility index (Phi) is 3.25. The monoisotopic (exact) mass is 287 g/mol. The van der Waals surface area contributed by atoms with E-state index in [1.807, 2.05) is 6.07 Å². The molecule has 1 atom stereocenters. The number of anilines is 2. The fourth-order valence-corrected chi connectivity index (χ4v) is 4.13. The third-order valence-electron chi connectivity index (χ3n) is 5.39. The molecular formula is C16H25N5. The third-order valence-corrected chi connectivity index (χ3v) is 5.39. The van der Waals surface area contributed by atoms with Gasteiger partial charge in [0.05, 0.1) is 0 Å². The van der Waals surface area contributed by atoms with Crippen LogP contribution in [0.1, 0.15) is 32.1 Å². The number of aromatic nitrogens is 2. The highest BCUT2D eigenvalue weighted by Gasteiger charge is 2.42. The van der Waals surface area contributed by atoms with Crippen LogP contribution < -0.4 is 10.6 Å². The zero-order chi connectivity index (χ0) is 14.3. The zero-order valence-corrected chi connectivity index (χ0v) is 12.7. The molecule has 3 fully saturated rings. The second-order valence-corrected chi connectivity index (χ2v) is 7.25. The molecule has 0 radical (unpaired) electrons. The molecule has 2 N–H and O–H groups in total. The predicted octanol–water partition coefficient (Wildman–Crippen LogP) is 1.76. The van der Waals surface area contributed by atoms with E-state index in [1.165, 1.54) is 51.7 Å². The smallest absolute Gasteiger partial charge is 0.134 e. The molecule has 2 saturated heterocycles. The first-order valence-corrected chi connectivity index (χ1v) is 8.27. The lowest BCUT2D eigenvalue weighted by Gasteiger charge is -2.40. The Labute approximate surface area is 126 Å². The summed E-state index contributed by atoms with van der Waals surface area (Å²) in [5.74, 6) is 2.57. The minimum absolute atomic E-state index is 0.479. The van der Waals surface area contributed by atoms with E-state index < -0.39 is 0 Å². The van der Waals surface area contributed by atoms with Gasteiger partial charge in [0.1, 0.15) is 18.0 Å². The summed E-state index contributed by atoms with van der Waals surface area (Å²) >= 11 is 0. The predicted molar refractivity (Wildman–Crippen MR) is 84.1 cm³/mol. The minimum Gasteiger partial charge on any atom is -0.384 e. The van der Waals surface area contributed by atoms with Crippen LogP contribution in [0, 0.1) is 11.3 Å². The molecule has 4 rings (SSSR count). The van der Waals surface area contributed by atoms with Crippen LogP contribution in [-0.4, -0.2) is 47.6 Å². The third kappa shape index (κ3) is 2.84. The van der Waals surface area contributed by atoms with Gasteiger partial charge in [0.15, 0.2) is 0 Å². The van der Waals surface area contributed by atoms with Crippen LogP contribution in [0.2, 0.25) is 0 Å². The van der Waals surface area contributed by atoms with Crippen LogP contribution in [0.25, 0.3) is 0 Å². The molecule has 3 heterocycles. The van der Waals surface area contributed by atoms with Crippen molar-refractivity contribution >= 4 is 11.6 Å². The van der Waals surface area contributed by atoms with Crippen molar-refractivity contribution in [3.63, 3.8) is 0 Å². The summed E-state index contributed by atoms with van der Waals surface area (Å²) in [6.07, 6.45) is 8.50. The molecule has 1 aromatic rings. The van der Waals surface area contributed by atoms with Crippen LogP contribution in [0.5, 0.6) is 0 Å². The average Bonchev–Trinajstić information content (AvgIpc) is 3.19. The molecule has 0 aromatic carbocycles. The van der Waals surface area contributed by atoms with Crippen molar-refractivity contribution in [2.24, 2.45) is 11.3 Å². The van der Waals surface area contributed by atoms with E-state index in [1.54, 1.807) is 6.33 Å². The van der Waals surface area contributed by atoms with E-state index in [4.69, 9.17) is 5.73 Å². The second-order valence-electron chi connectivity index (χ2n) is 7.25. The van der Waals surface area contributed by atoms with Gasteiger partial charge in [-0.15, -0.1) is 0 Å². The number of nitrogens with zero attached hydrogens (tertiary/aromatic N) is 4. The molecule has 1 aliphatic carbocycles. The Morgan fingerprint density at radius 3 is 2.90 bits per heavy atom.